The van der Waals surface area contributed by atoms with Gasteiger partial charge in [-0.1, -0.05) is 23.9 Å². The minimum Gasteiger partial charge on any atom is -0.227 e. The largest absolute Gasteiger partial charge is 0.227 e. The Bertz CT molecular complexity index is 62.0. The molecule has 0 aliphatic heterocycles. The molecular weight excluding hydrogens is 152 g/mol. The third kappa shape index (κ3) is 5.08. The van der Waals surface area contributed by atoms with Crippen molar-refractivity contribution in [3.05, 3.63) is 6.67 Å². The first-order valence-electron chi connectivity index (χ1n) is 2.52. The molecule has 0 spiro atoms. The van der Waals surface area contributed by atoms with E-state index in [4.69, 9.17) is 0 Å². The fourth-order valence-electron chi connectivity index (χ4n) is 0.280. The zero-order valence-corrected chi connectivity index (χ0v) is 7.84. The van der Waals surface area contributed by atoms with Gasteiger partial charge >= 0.3 is 0 Å². The van der Waals surface area contributed by atoms with E-state index in [1.165, 1.54) is 0 Å². The molecule has 54 valence electrons. The number of hydrogen-bond donors (Lipinski definition) is 0. The standard InChI is InChI=1S/C5H12N2S2/c1-6(8-3)5-7(2)9-4/h1-4H3. The minimum absolute atomic E-state index is 1.64. The molecule has 0 unspecified atom stereocenters. The Kier molecular flexibility index (Phi) is 5.78. The molecule has 0 rings (SSSR count). The highest BCUT2D eigenvalue weighted by Gasteiger charge is 2.00. The van der Waals surface area contributed by atoms with Gasteiger partial charge in [0.25, 0.3) is 0 Å². The van der Waals surface area contributed by atoms with Crippen LogP contribution < -0.4 is 0 Å². The van der Waals surface area contributed by atoms with Gasteiger partial charge < -0.3 is 0 Å². The van der Waals surface area contributed by atoms with Crippen molar-refractivity contribution in [3.8, 4) is 0 Å². The predicted molar refractivity (Wildman–Crippen MR) is 45.8 cm³/mol. The van der Waals surface area contributed by atoms with Gasteiger partial charge in [0.15, 0.2) is 6.67 Å². The van der Waals surface area contributed by atoms with Crippen LogP contribution in [0.15, 0.2) is 0 Å². The molecule has 0 amide bonds. The van der Waals surface area contributed by atoms with Crippen molar-refractivity contribution in [1.29, 1.82) is 0 Å². The van der Waals surface area contributed by atoms with Crippen molar-refractivity contribution < 1.29 is 0 Å². The Morgan fingerprint density at radius 2 is 1.33 bits per heavy atom. The predicted octanol–water partition coefficient (Wildman–Crippen LogP) is 1.40. The highest BCUT2D eigenvalue weighted by Crippen LogP contribution is 2.10. The molecule has 0 N–H and O–H groups in total. The van der Waals surface area contributed by atoms with Crippen molar-refractivity contribution in [3.63, 3.8) is 0 Å². The average Bonchev–Trinajstić information content (AvgIpc) is 1.87. The van der Waals surface area contributed by atoms with Crippen LogP contribution in [0.2, 0.25) is 0 Å². The molecule has 0 atom stereocenters. The SMILES string of the molecule is CSN(C)[C]N(C)SC. The molecule has 4 heteroatoms. The second kappa shape index (κ2) is 5.41. The van der Waals surface area contributed by atoms with Gasteiger partial charge in [-0.15, -0.1) is 0 Å². The Balaban J connectivity index is 3.22. The monoisotopic (exact) mass is 164 g/mol. The quantitative estimate of drug-likeness (QED) is 0.457. The van der Waals surface area contributed by atoms with Crippen molar-refractivity contribution in [2.24, 2.45) is 0 Å². The van der Waals surface area contributed by atoms with Crippen LogP contribution in [-0.2, 0) is 0 Å². The first-order valence-corrected chi connectivity index (χ1v) is 4.89. The molecule has 0 aromatic rings. The third-order valence-corrected chi connectivity index (χ3v) is 2.09. The van der Waals surface area contributed by atoms with Crippen molar-refractivity contribution in [2.45, 2.75) is 0 Å². The Hall–Kier alpha value is 0.620. The maximum Gasteiger partial charge on any atom is 0.167 e. The normalized spacial score (nSPS) is 11.3. The fraction of sp³-hybridized carbons (Fsp3) is 0.800. The highest BCUT2D eigenvalue weighted by atomic mass is 32.2. The summed E-state index contributed by atoms with van der Waals surface area (Å²) in [7, 11) is 3.94. The molecule has 0 saturated heterocycles. The van der Waals surface area contributed by atoms with Crippen LogP contribution >= 0.6 is 23.9 Å². The Morgan fingerprint density at radius 3 is 1.56 bits per heavy atom. The first-order chi connectivity index (χ1) is 4.20. The first kappa shape index (κ1) is 9.62. The van der Waals surface area contributed by atoms with Gasteiger partial charge in [0.1, 0.15) is 0 Å². The lowest BCUT2D eigenvalue weighted by atomic mass is 11.0. The van der Waals surface area contributed by atoms with E-state index in [1.54, 1.807) is 23.9 Å². The van der Waals surface area contributed by atoms with Gasteiger partial charge in [0.05, 0.1) is 0 Å². The summed E-state index contributed by atoms with van der Waals surface area (Å²) in [5.41, 5.74) is 0. The Morgan fingerprint density at radius 1 is 1.00 bits per heavy atom. The van der Waals surface area contributed by atoms with Crippen LogP contribution in [-0.4, -0.2) is 35.2 Å². The maximum atomic E-state index is 3.07. The van der Waals surface area contributed by atoms with E-state index < -0.39 is 0 Å². The van der Waals surface area contributed by atoms with Crippen molar-refractivity contribution in [2.75, 3.05) is 26.6 Å². The molecule has 0 aliphatic carbocycles. The third-order valence-electron chi connectivity index (χ3n) is 0.829. The molecule has 0 bridgehead atoms. The minimum atomic E-state index is 1.64. The second-order valence-electron chi connectivity index (χ2n) is 1.46. The van der Waals surface area contributed by atoms with E-state index in [9.17, 15) is 0 Å². The molecule has 2 radical (unpaired) electrons. The summed E-state index contributed by atoms with van der Waals surface area (Å²) in [4.78, 5) is 0. The lowest BCUT2D eigenvalue weighted by Crippen LogP contribution is -2.16. The van der Waals surface area contributed by atoms with Gasteiger partial charge in [0, 0.05) is 0 Å². The molecule has 0 saturated carbocycles. The van der Waals surface area contributed by atoms with E-state index in [-0.39, 0.29) is 0 Å². The smallest absolute Gasteiger partial charge is 0.167 e. The van der Waals surface area contributed by atoms with Crippen LogP contribution in [0.3, 0.4) is 0 Å². The van der Waals surface area contributed by atoms with E-state index >= 15 is 0 Å². The molecular formula is C5H12N2S2. The van der Waals surface area contributed by atoms with Crippen LogP contribution in [0.25, 0.3) is 0 Å². The van der Waals surface area contributed by atoms with Gasteiger partial charge in [-0.05, 0) is 26.6 Å². The Labute approximate surface area is 66.2 Å². The van der Waals surface area contributed by atoms with Crippen molar-refractivity contribution >= 4 is 23.9 Å². The van der Waals surface area contributed by atoms with E-state index in [2.05, 4.69) is 6.67 Å². The lowest BCUT2D eigenvalue weighted by molar-refractivity contribution is 0.511. The summed E-state index contributed by atoms with van der Waals surface area (Å²) >= 11 is 3.27. The fourth-order valence-corrected chi connectivity index (χ4v) is 0.740. The molecule has 0 aromatic carbocycles. The number of nitrogens with zero attached hydrogens (tertiary/aromatic N) is 2. The summed E-state index contributed by atoms with van der Waals surface area (Å²) in [5, 5.41) is 0. The highest BCUT2D eigenvalue weighted by molar-refractivity contribution is 7.97. The number of hydrogen-bond acceptors (Lipinski definition) is 4. The second-order valence-corrected chi connectivity index (χ2v) is 3.29. The van der Waals surface area contributed by atoms with Gasteiger partial charge in [-0.3, -0.25) is 0 Å². The van der Waals surface area contributed by atoms with Crippen LogP contribution in [0, 0.1) is 6.67 Å². The van der Waals surface area contributed by atoms with Gasteiger partial charge in [0.2, 0.25) is 0 Å². The van der Waals surface area contributed by atoms with E-state index in [0.29, 0.717) is 0 Å². The van der Waals surface area contributed by atoms with E-state index in [1.807, 2.05) is 35.2 Å². The summed E-state index contributed by atoms with van der Waals surface area (Å²) in [6.07, 6.45) is 4.03. The summed E-state index contributed by atoms with van der Waals surface area (Å²) in [6, 6.07) is 0. The maximum absolute atomic E-state index is 3.07. The summed E-state index contributed by atoms with van der Waals surface area (Å²) < 4.78 is 3.85. The molecule has 0 fully saturated rings. The zero-order chi connectivity index (χ0) is 7.28. The summed E-state index contributed by atoms with van der Waals surface area (Å²) in [5.74, 6) is 0. The lowest BCUT2D eigenvalue weighted by Gasteiger charge is -2.16. The van der Waals surface area contributed by atoms with Crippen molar-refractivity contribution in [1.82, 2.24) is 8.61 Å². The number of rotatable bonds is 4. The average molecular weight is 164 g/mol. The molecule has 2 nitrogen and oxygen atoms in total. The molecule has 9 heavy (non-hydrogen) atoms. The van der Waals surface area contributed by atoms with Gasteiger partial charge in [-0.25, -0.2) is 8.61 Å². The van der Waals surface area contributed by atoms with Crippen LogP contribution in [0.5, 0.6) is 0 Å². The van der Waals surface area contributed by atoms with Gasteiger partial charge in [-0.2, -0.15) is 0 Å². The van der Waals surface area contributed by atoms with Crippen LogP contribution in [0.4, 0.5) is 0 Å². The molecule has 0 aromatic heterocycles. The topological polar surface area (TPSA) is 6.48 Å². The molecule has 0 aliphatic rings. The zero-order valence-electron chi connectivity index (χ0n) is 6.21. The molecule has 0 heterocycles. The van der Waals surface area contributed by atoms with Crippen LogP contribution in [0.1, 0.15) is 0 Å². The van der Waals surface area contributed by atoms with E-state index in [0.717, 1.165) is 0 Å². The summed E-state index contributed by atoms with van der Waals surface area (Å²) in [6.45, 7) is 3.07.